The number of fused-ring (bicyclic) bond motifs is 1. The van der Waals surface area contributed by atoms with Crippen molar-refractivity contribution in [2.75, 3.05) is 0 Å². The van der Waals surface area contributed by atoms with Gasteiger partial charge in [-0.05, 0) is 136 Å². The van der Waals surface area contributed by atoms with Crippen molar-refractivity contribution in [3.05, 3.63) is 167 Å². The van der Waals surface area contributed by atoms with Gasteiger partial charge in [-0.15, -0.1) is 0 Å². The molecule has 4 nitrogen and oxygen atoms in total. The summed E-state index contributed by atoms with van der Waals surface area (Å²) in [6.07, 6.45) is -0.618. The average Bonchev–Trinajstić information content (AvgIpc) is 3.68. The van der Waals surface area contributed by atoms with Gasteiger partial charge in [-0.3, -0.25) is 9.55 Å². The van der Waals surface area contributed by atoms with Gasteiger partial charge >= 0.3 is 0 Å². The van der Waals surface area contributed by atoms with Gasteiger partial charge < -0.3 is 5.11 Å². The molecular formula is C54H53N3O. The van der Waals surface area contributed by atoms with Gasteiger partial charge in [0.2, 0.25) is 0 Å². The molecule has 0 bridgehead atoms. The van der Waals surface area contributed by atoms with Crippen LogP contribution in [0.15, 0.2) is 139 Å². The monoisotopic (exact) mass is 774 g/mol. The second-order valence-electron chi connectivity index (χ2n) is 16.2. The van der Waals surface area contributed by atoms with Crippen LogP contribution in [0.4, 0.5) is 0 Å². The van der Waals surface area contributed by atoms with E-state index in [2.05, 4.69) is 18.8 Å². The Bertz CT molecular complexity index is 3460. The van der Waals surface area contributed by atoms with Crippen molar-refractivity contribution in [3.8, 4) is 67.5 Å². The van der Waals surface area contributed by atoms with Gasteiger partial charge in [0.1, 0.15) is 11.6 Å². The van der Waals surface area contributed by atoms with Crippen molar-refractivity contribution >= 4 is 11.0 Å². The van der Waals surface area contributed by atoms with Crippen molar-refractivity contribution < 1.29 is 24.3 Å². The highest BCUT2D eigenvalue weighted by atomic mass is 16.3. The first kappa shape index (κ1) is 25.2. The Morgan fingerprint density at radius 3 is 2.17 bits per heavy atom. The summed E-state index contributed by atoms with van der Waals surface area (Å²) in [5.74, 6) is -0.634. The molecule has 0 unspecified atom stereocenters. The molecule has 0 saturated carbocycles. The second kappa shape index (κ2) is 15.2. The topological polar surface area (TPSA) is 50.9 Å². The van der Waals surface area contributed by atoms with Crippen LogP contribution in [0, 0.1) is 13.7 Å². The Labute approximate surface area is 363 Å². The van der Waals surface area contributed by atoms with E-state index in [4.69, 9.17) is 22.8 Å². The quantitative estimate of drug-likeness (QED) is 0.167. The second-order valence-corrected chi connectivity index (χ2v) is 16.2. The molecule has 0 radical (unpaired) electrons. The van der Waals surface area contributed by atoms with E-state index in [0.717, 1.165) is 22.3 Å². The Morgan fingerprint density at radius 2 is 1.45 bits per heavy atom. The maximum Gasteiger partial charge on any atom is 0.149 e. The molecule has 0 amide bonds. The number of aryl methyl sites for hydroxylation is 1. The normalized spacial score (nSPS) is 16.0. The first-order valence-electron chi connectivity index (χ1n) is 26.3. The fourth-order valence-corrected chi connectivity index (χ4v) is 7.14. The molecular weight excluding hydrogens is 707 g/mol. The molecule has 4 heteroatoms. The number of benzene rings is 6. The van der Waals surface area contributed by atoms with E-state index in [1.54, 1.807) is 59.2 Å². The molecule has 2 aromatic heterocycles. The number of phenols is 1. The van der Waals surface area contributed by atoms with Gasteiger partial charge in [-0.25, -0.2) is 4.98 Å². The lowest BCUT2D eigenvalue weighted by atomic mass is 9.83. The standard InChI is InChI=1S/C54H53N3O/c1-33(2)40-26-41(34(3)4)28-42(27-40)38-21-22-49(36(6)25-38)57-50-15-12-14-46(52(50)56-53(57)47-13-10-11-16-51(47)58)43-29-44(31-45(30-43)54(7,8)9)48-32-39(23-24-55-48)37-19-17-35(5)18-20-37/h10-34,58H,1-9H3/i5D3,6D3,17D,18D,19D,20D,23D,24D,32D,33D. The fourth-order valence-electron chi connectivity index (χ4n) is 7.14. The van der Waals surface area contributed by atoms with Crippen molar-refractivity contribution in [2.24, 2.45) is 0 Å². The number of para-hydroxylation sites is 2. The van der Waals surface area contributed by atoms with Crippen LogP contribution in [-0.4, -0.2) is 19.6 Å². The summed E-state index contributed by atoms with van der Waals surface area (Å²) in [6.45, 7) is 8.07. The molecule has 0 saturated heterocycles. The van der Waals surface area contributed by atoms with Crippen LogP contribution in [0.3, 0.4) is 0 Å². The number of phenolic OH excluding ortho intramolecular Hbond substituents is 1. The molecule has 58 heavy (non-hydrogen) atoms. The van der Waals surface area contributed by atoms with Gasteiger partial charge in [-0.1, -0.05) is 133 Å². The zero-order valence-electron chi connectivity index (χ0n) is 47.6. The summed E-state index contributed by atoms with van der Waals surface area (Å²) >= 11 is 0. The van der Waals surface area contributed by atoms with Crippen LogP contribution >= 0.6 is 0 Å². The van der Waals surface area contributed by atoms with Crippen LogP contribution in [-0.2, 0) is 5.41 Å². The number of hydrogen-bond donors (Lipinski definition) is 1. The Balaban J connectivity index is 1.40. The molecule has 6 aromatic carbocycles. The molecule has 0 spiro atoms. The molecule has 0 aliphatic carbocycles. The first-order valence-corrected chi connectivity index (χ1v) is 19.3. The maximum absolute atomic E-state index is 11.4. The van der Waals surface area contributed by atoms with Crippen molar-refractivity contribution in [3.63, 3.8) is 0 Å². The Hall–Kier alpha value is -6.26. The lowest BCUT2D eigenvalue weighted by molar-refractivity contribution is 0.477. The highest BCUT2D eigenvalue weighted by Gasteiger charge is 2.23. The van der Waals surface area contributed by atoms with E-state index < -0.39 is 84.1 Å². The molecule has 0 aliphatic heterocycles. The summed E-state index contributed by atoms with van der Waals surface area (Å²) in [5.41, 5.74) is 4.57. The number of hydrogen-bond acceptors (Lipinski definition) is 3. The van der Waals surface area contributed by atoms with Gasteiger partial charge in [0.15, 0.2) is 0 Å². The molecule has 290 valence electrons. The molecule has 8 aromatic rings. The minimum Gasteiger partial charge on any atom is -0.507 e. The summed E-state index contributed by atoms with van der Waals surface area (Å²) in [5, 5.41) is 11.4. The van der Waals surface area contributed by atoms with Crippen molar-refractivity contribution in [1.82, 2.24) is 14.5 Å². The average molecular weight is 774 g/mol. The number of aromatic hydroxyl groups is 1. The van der Waals surface area contributed by atoms with Crippen molar-refractivity contribution in [2.45, 2.75) is 79.4 Å². The molecule has 0 aliphatic rings. The van der Waals surface area contributed by atoms with Crippen molar-refractivity contribution in [1.29, 1.82) is 0 Å². The predicted octanol–water partition coefficient (Wildman–Crippen LogP) is 14.6. The molecule has 1 N–H and O–H groups in total. The summed E-state index contributed by atoms with van der Waals surface area (Å²) in [7, 11) is 0. The number of pyridine rings is 1. The summed E-state index contributed by atoms with van der Waals surface area (Å²) < 4.78 is 123. The third-order valence-corrected chi connectivity index (χ3v) is 10.5. The number of aromatic nitrogens is 3. The van der Waals surface area contributed by atoms with Crippen LogP contribution in [0.1, 0.15) is 107 Å². The number of imidazole rings is 1. The predicted molar refractivity (Wildman–Crippen MR) is 244 cm³/mol. The van der Waals surface area contributed by atoms with Gasteiger partial charge in [0, 0.05) is 26.9 Å². The molecule has 0 atom stereocenters. The molecule has 8 rings (SSSR count). The fraction of sp³-hybridized carbons (Fsp3) is 0.222. The maximum atomic E-state index is 11.4. The zero-order chi connectivity index (χ0) is 52.9. The van der Waals surface area contributed by atoms with E-state index in [-0.39, 0.29) is 34.4 Å². The highest BCUT2D eigenvalue weighted by molar-refractivity contribution is 5.97. The third kappa shape index (κ3) is 7.47. The summed E-state index contributed by atoms with van der Waals surface area (Å²) in [4.78, 5) is 9.58. The Morgan fingerprint density at radius 1 is 0.690 bits per heavy atom. The van der Waals surface area contributed by atoms with Gasteiger partial charge in [-0.2, -0.15) is 0 Å². The van der Waals surface area contributed by atoms with E-state index in [9.17, 15) is 6.48 Å². The van der Waals surface area contributed by atoms with Crippen LogP contribution in [0.5, 0.6) is 5.75 Å². The largest absolute Gasteiger partial charge is 0.507 e. The highest BCUT2D eigenvalue weighted by Crippen LogP contribution is 2.41. The number of nitrogens with zero attached hydrogens (tertiary/aromatic N) is 3. The Kier molecular flexibility index (Phi) is 6.62. The van der Waals surface area contributed by atoms with E-state index >= 15 is 0 Å². The van der Waals surface area contributed by atoms with Gasteiger partial charge in [0.05, 0.1) is 37.6 Å². The molecule has 0 fully saturated rings. The van der Waals surface area contributed by atoms with E-state index in [1.807, 2.05) is 71.0 Å². The molecule has 2 heterocycles. The first-order chi connectivity index (χ1) is 33.4. The van der Waals surface area contributed by atoms with E-state index in [0.29, 0.717) is 38.9 Å². The smallest absolute Gasteiger partial charge is 0.149 e. The van der Waals surface area contributed by atoms with Crippen LogP contribution < -0.4 is 0 Å². The van der Waals surface area contributed by atoms with Crippen LogP contribution in [0.2, 0.25) is 0 Å². The minimum absolute atomic E-state index is 0.0173. The zero-order valence-corrected chi connectivity index (χ0v) is 33.6. The van der Waals surface area contributed by atoms with Crippen LogP contribution in [0.25, 0.3) is 72.7 Å². The van der Waals surface area contributed by atoms with E-state index in [1.165, 1.54) is 6.07 Å². The van der Waals surface area contributed by atoms with Gasteiger partial charge in [0.25, 0.3) is 0 Å². The summed E-state index contributed by atoms with van der Waals surface area (Å²) in [6, 6.07) is 24.4. The number of rotatable bonds is 8. The lowest BCUT2D eigenvalue weighted by Gasteiger charge is -2.22. The SMILES string of the molecule is [2H]c1nc(-c2cc(-c3cccc4c3nc(-c3ccccc3O)n4-c3ccc(-c4cc(C(C)C)cc(C([2H])(C)C)c4)cc3C([2H])([2H])[2H])cc(C(C)(C)C)c2)c([2H])c(-c2c([2H])c([2H])c(C([2H])([2H])[2H])c([2H])c2[2H])c1[2H]. The minimum atomic E-state index is -2.99. The lowest BCUT2D eigenvalue weighted by Crippen LogP contribution is -2.11. The third-order valence-electron chi connectivity index (χ3n) is 10.5.